The Morgan fingerprint density at radius 1 is 0.339 bits per heavy atom. The molecule has 10 aromatic rings. The minimum Gasteiger partial charge on any atom is -0.256 e. The third-order valence-electron chi connectivity index (χ3n) is 10.2. The highest BCUT2D eigenvalue weighted by molar-refractivity contribution is 6.22. The third kappa shape index (κ3) is 5.90. The molecule has 0 unspecified atom stereocenters. The highest BCUT2D eigenvalue weighted by Crippen LogP contribution is 2.41. The number of rotatable bonds is 6. The highest BCUT2D eigenvalue weighted by Gasteiger charge is 2.17. The Hall–Kier alpha value is -7.88. The van der Waals surface area contributed by atoms with Gasteiger partial charge in [-0.15, -0.1) is 0 Å². The number of fused-ring (bicyclic) bond motifs is 5. The van der Waals surface area contributed by atoms with Gasteiger partial charge in [-0.1, -0.05) is 121 Å². The van der Waals surface area contributed by atoms with E-state index < -0.39 is 0 Å². The van der Waals surface area contributed by atoms with E-state index in [4.69, 9.17) is 24.9 Å². The Morgan fingerprint density at radius 2 is 0.768 bits per heavy atom. The lowest BCUT2D eigenvalue weighted by molar-refractivity contribution is 1.07. The molecule has 0 spiro atoms. The van der Waals surface area contributed by atoms with Gasteiger partial charge in [-0.3, -0.25) is 9.97 Å². The minimum atomic E-state index is 0.611. The molecule has 260 valence electrons. The topological polar surface area (TPSA) is 88.2 Å². The van der Waals surface area contributed by atoms with Gasteiger partial charge in [0.15, 0.2) is 17.5 Å². The first kappa shape index (κ1) is 32.7. The van der Waals surface area contributed by atoms with E-state index in [1.165, 1.54) is 0 Å². The van der Waals surface area contributed by atoms with Crippen LogP contribution < -0.4 is 0 Å². The summed E-state index contributed by atoms with van der Waals surface area (Å²) in [6.07, 6.45) is 3.68. The summed E-state index contributed by atoms with van der Waals surface area (Å²) in [7, 11) is 0. The summed E-state index contributed by atoms with van der Waals surface area (Å²) in [4.78, 5) is 24.6. The van der Waals surface area contributed by atoms with Crippen LogP contribution in [0.4, 0.5) is 0 Å². The predicted octanol–water partition coefficient (Wildman–Crippen LogP) is 12.0. The lowest BCUT2D eigenvalue weighted by atomic mass is 9.90. The molecule has 0 fully saturated rings. The molecule has 56 heavy (non-hydrogen) atoms. The number of pyridine rings is 2. The maximum absolute atomic E-state index is 9.65. The van der Waals surface area contributed by atoms with Gasteiger partial charge >= 0.3 is 0 Å². The van der Waals surface area contributed by atoms with Crippen LogP contribution in [0.5, 0.6) is 0 Å². The van der Waals surface area contributed by atoms with E-state index in [0.717, 1.165) is 82.6 Å². The molecule has 0 N–H and O–H groups in total. The molecule has 0 aliphatic carbocycles. The van der Waals surface area contributed by atoms with Crippen LogP contribution in [0.15, 0.2) is 182 Å². The number of aromatic nitrogens is 5. The molecule has 0 aliphatic heterocycles. The van der Waals surface area contributed by atoms with E-state index in [1.807, 2.05) is 109 Å². The summed E-state index contributed by atoms with van der Waals surface area (Å²) in [6.45, 7) is 0. The van der Waals surface area contributed by atoms with Crippen molar-refractivity contribution in [3.05, 3.63) is 188 Å². The van der Waals surface area contributed by atoms with E-state index in [0.29, 0.717) is 23.0 Å². The molecule has 6 heteroatoms. The normalized spacial score (nSPS) is 11.2. The molecule has 0 atom stereocenters. The first-order valence-electron chi connectivity index (χ1n) is 18.4. The summed E-state index contributed by atoms with van der Waals surface area (Å²) in [6, 6.07) is 59.7. The van der Waals surface area contributed by atoms with Gasteiger partial charge in [-0.05, 0) is 81.6 Å². The van der Waals surface area contributed by atoms with Gasteiger partial charge in [-0.2, -0.15) is 5.26 Å². The van der Waals surface area contributed by atoms with E-state index >= 15 is 0 Å². The van der Waals surface area contributed by atoms with Crippen molar-refractivity contribution in [2.24, 2.45) is 0 Å². The van der Waals surface area contributed by atoms with Crippen molar-refractivity contribution >= 4 is 32.6 Å². The Bertz CT molecular complexity index is 3090. The van der Waals surface area contributed by atoms with Gasteiger partial charge in [0, 0.05) is 51.0 Å². The number of hydrogen-bond donors (Lipinski definition) is 0. The number of hydrogen-bond acceptors (Lipinski definition) is 6. The van der Waals surface area contributed by atoms with Gasteiger partial charge in [0.1, 0.15) is 0 Å². The molecule has 0 bridgehead atoms. The van der Waals surface area contributed by atoms with Crippen molar-refractivity contribution in [2.45, 2.75) is 0 Å². The molecule has 0 saturated heterocycles. The maximum Gasteiger partial charge on any atom is 0.164 e. The number of nitrogens with zero attached hydrogens (tertiary/aromatic N) is 6. The summed E-state index contributed by atoms with van der Waals surface area (Å²) in [5.41, 5.74) is 11.3. The molecule has 3 heterocycles. The first-order valence-corrected chi connectivity index (χ1v) is 18.4. The van der Waals surface area contributed by atoms with Crippen LogP contribution in [0.25, 0.3) is 100 Å². The molecule has 0 radical (unpaired) electrons. The van der Waals surface area contributed by atoms with E-state index in [2.05, 4.69) is 78.9 Å². The van der Waals surface area contributed by atoms with Crippen LogP contribution in [0.1, 0.15) is 5.56 Å². The molecule has 0 aliphatic rings. The van der Waals surface area contributed by atoms with Crippen molar-refractivity contribution in [1.29, 1.82) is 5.26 Å². The second-order valence-corrected chi connectivity index (χ2v) is 13.6. The van der Waals surface area contributed by atoms with Crippen LogP contribution in [-0.2, 0) is 0 Å². The first-order chi connectivity index (χ1) is 27.7. The monoisotopic (exact) mass is 714 g/mol. The zero-order chi connectivity index (χ0) is 37.4. The summed E-state index contributed by atoms with van der Waals surface area (Å²) < 4.78 is 0. The number of nitriles is 1. The lowest BCUT2D eigenvalue weighted by Gasteiger charge is -2.15. The van der Waals surface area contributed by atoms with Crippen molar-refractivity contribution in [2.75, 3.05) is 0 Å². The zero-order valence-electron chi connectivity index (χ0n) is 30.0. The van der Waals surface area contributed by atoms with Gasteiger partial charge in [0.05, 0.1) is 22.7 Å². The molecule has 3 aromatic heterocycles. The fourth-order valence-electron chi connectivity index (χ4n) is 7.54. The summed E-state index contributed by atoms with van der Waals surface area (Å²) in [5, 5.41) is 13.9. The zero-order valence-corrected chi connectivity index (χ0v) is 30.0. The van der Waals surface area contributed by atoms with Crippen molar-refractivity contribution in [3.63, 3.8) is 0 Å². The Balaban J connectivity index is 1.11. The molecule has 0 amide bonds. The quantitative estimate of drug-likeness (QED) is 0.159. The van der Waals surface area contributed by atoms with E-state index in [9.17, 15) is 5.26 Å². The lowest BCUT2D eigenvalue weighted by Crippen LogP contribution is -2.00. The van der Waals surface area contributed by atoms with Crippen LogP contribution in [0.3, 0.4) is 0 Å². The fourth-order valence-corrected chi connectivity index (χ4v) is 7.54. The second kappa shape index (κ2) is 13.8. The largest absolute Gasteiger partial charge is 0.256 e. The van der Waals surface area contributed by atoms with Crippen LogP contribution in [-0.4, -0.2) is 24.9 Å². The maximum atomic E-state index is 9.65. The molecule has 7 aromatic carbocycles. The molecular weight excluding hydrogens is 685 g/mol. The third-order valence-corrected chi connectivity index (χ3v) is 10.2. The number of benzene rings is 7. The van der Waals surface area contributed by atoms with Crippen molar-refractivity contribution in [1.82, 2.24) is 24.9 Å². The molecule has 0 saturated carbocycles. The second-order valence-electron chi connectivity index (χ2n) is 13.6. The van der Waals surface area contributed by atoms with Crippen LogP contribution >= 0.6 is 0 Å². The van der Waals surface area contributed by atoms with Gasteiger partial charge in [-0.25, -0.2) is 15.0 Å². The standard InChI is InChI=1S/C50H30N6/c51-31-32-12-7-19-37(26-32)42-29-44-41-23-11-25-53-47(41)43(30-45(44)40-22-10-24-52-46(40)42)38-20-8-17-35(27-38)36-18-9-21-39(28-36)50-55-48(33-13-3-1-4-14-33)54-49(56-50)34-15-5-2-6-16-34/h1-30H. The van der Waals surface area contributed by atoms with E-state index in [-0.39, 0.29) is 0 Å². The van der Waals surface area contributed by atoms with Gasteiger partial charge < -0.3 is 0 Å². The average Bonchev–Trinajstić information content (AvgIpc) is 3.29. The van der Waals surface area contributed by atoms with Gasteiger partial charge in [0.2, 0.25) is 0 Å². The fraction of sp³-hybridized carbons (Fsp3) is 0. The molecular formula is C50H30N6. The minimum absolute atomic E-state index is 0.611. The van der Waals surface area contributed by atoms with E-state index in [1.54, 1.807) is 0 Å². The van der Waals surface area contributed by atoms with Gasteiger partial charge in [0.25, 0.3) is 0 Å². The van der Waals surface area contributed by atoms with Crippen LogP contribution in [0.2, 0.25) is 0 Å². The van der Waals surface area contributed by atoms with Crippen molar-refractivity contribution in [3.8, 4) is 73.6 Å². The Morgan fingerprint density at radius 3 is 1.30 bits per heavy atom. The summed E-state index contributed by atoms with van der Waals surface area (Å²) >= 11 is 0. The summed E-state index contributed by atoms with van der Waals surface area (Å²) in [5.74, 6) is 1.87. The predicted molar refractivity (Wildman–Crippen MR) is 225 cm³/mol. The highest BCUT2D eigenvalue weighted by atomic mass is 15.0. The Kier molecular flexibility index (Phi) is 8.09. The average molecular weight is 715 g/mol. The Labute approximate surface area is 323 Å². The molecule has 6 nitrogen and oxygen atoms in total. The smallest absolute Gasteiger partial charge is 0.164 e. The van der Waals surface area contributed by atoms with Crippen LogP contribution in [0, 0.1) is 11.3 Å². The molecule has 10 rings (SSSR count). The SMILES string of the molecule is N#Cc1cccc(-c2cc3c4cccnc4c(-c4cccc(-c5cccc(-c6nc(-c7ccccc7)nc(-c7ccccc7)n6)c5)c4)cc3c3cccnc23)c1. The van der Waals surface area contributed by atoms with Crippen molar-refractivity contribution < 1.29 is 0 Å².